The van der Waals surface area contributed by atoms with Gasteiger partial charge in [0.05, 0.1) is 23.5 Å². The van der Waals surface area contributed by atoms with Gasteiger partial charge in [-0.1, -0.05) is 23.2 Å². The number of tetrazole rings is 2. The minimum absolute atomic E-state index is 0.0163. The number of hydrogen-bond donors (Lipinski definition) is 2. The molecule has 0 radical (unpaired) electrons. The minimum Gasteiger partial charge on any atom is -0.444 e. The van der Waals surface area contributed by atoms with E-state index in [9.17, 15) is 14.4 Å². The lowest BCUT2D eigenvalue weighted by molar-refractivity contribution is -0.121. The Bertz CT molecular complexity index is 1570. The number of rotatable bonds is 11. The number of aryl methyl sites for hydroxylation is 2. The third kappa shape index (κ3) is 11.3. The molecule has 240 valence electrons. The Labute approximate surface area is 270 Å². The van der Waals surface area contributed by atoms with Gasteiger partial charge in [-0.3, -0.25) is 9.59 Å². The highest BCUT2D eigenvalue weighted by atomic mass is 35.5. The van der Waals surface area contributed by atoms with Gasteiger partial charge in [0, 0.05) is 22.9 Å². The van der Waals surface area contributed by atoms with E-state index in [1.807, 2.05) is 12.1 Å². The second-order valence-corrected chi connectivity index (χ2v) is 12.0. The van der Waals surface area contributed by atoms with Crippen LogP contribution in [0.4, 0.5) is 4.79 Å². The average molecular weight is 660 g/mol. The number of nitrogens with zero attached hydrogens (tertiary/aromatic N) is 8. The first-order valence-electron chi connectivity index (χ1n) is 14.1. The summed E-state index contributed by atoms with van der Waals surface area (Å²) in [7, 11) is 0. The molecule has 0 fully saturated rings. The van der Waals surface area contributed by atoms with Crippen molar-refractivity contribution in [3.05, 3.63) is 70.2 Å². The molecule has 0 saturated heterocycles. The largest absolute Gasteiger partial charge is 0.444 e. The van der Waals surface area contributed by atoms with Crippen molar-refractivity contribution >= 4 is 40.9 Å². The van der Waals surface area contributed by atoms with E-state index in [-0.39, 0.29) is 18.0 Å². The SMILES string of the molecule is C[C@H](N)C(=O)CCc1cc(Cl)ccc1-n1cnnn1.C[C@H](NC(=O)OC(C)(C)C)C(=O)CCc1cc(Cl)ccc1-n1cnnn1. The molecule has 2 atom stereocenters. The van der Waals surface area contributed by atoms with Gasteiger partial charge < -0.3 is 15.8 Å². The number of nitrogens with two attached hydrogens (primary N) is 1. The molecule has 2 aromatic heterocycles. The number of aromatic nitrogens is 8. The van der Waals surface area contributed by atoms with Gasteiger partial charge >= 0.3 is 6.09 Å². The van der Waals surface area contributed by atoms with E-state index < -0.39 is 23.8 Å². The van der Waals surface area contributed by atoms with E-state index in [2.05, 4.69) is 36.4 Å². The second-order valence-electron chi connectivity index (χ2n) is 11.1. The predicted molar refractivity (Wildman–Crippen MR) is 167 cm³/mol. The third-order valence-electron chi connectivity index (χ3n) is 6.28. The lowest BCUT2D eigenvalue weighted by Gasteiger charge is -2.21. The molecule has 0 unspecified atom stereocenters. The molecule has 45 heavy (non-hydrogen) atoms. The summed E-state index contributed by atoms with van der Waals surface area (Å²) < 4.78 is 8.22. The van der Waals surface area contributed by atoms with Crippen LogP contribution in [0.3, 0.4) is 0 Å². The highest BCUT2D eigenvalue weighted by Crippen LogP contribution is 2.22. The molecule has 0 aliphatic rings. The number of carbonyl (C=O) groups is 3. The number of nitrogens with one attached hydrogen (secondary N) is 1. The van der Waals surface area contributed by atoms with Crippen LogP contribution in [0.25, 0.3) is 11.4 Å². The Morgan fingerprint density at radius 3 is 1.71 bits per heavy atom. The van der Waals surface area contributed by atoms with Crippen LogP contribution in [0, 0.1) is 0 Å². The Kier molecular flexibility index (Phi) is 12.6. The molecule has 14 nitrogen and oxygen atoms in total. The molecule has 1 amide bonds. The van der Waals surface area contributed by atoms with Crippen molar-refractivity contribution in [3.8, 4) is 11.4 Å². The van der Waals surface area contributed by atoms with Crippen LogP contribution >= 0.6 is 23.2 Å². The van der Waals surface area contributed by atoms with E-state index in [4.69, 9.17) is 33.7 Å². The summed E-state index contributed by atoms with van der Waals surface area (Å²) in [5.74, 6) is -0.0962. The van der Waals surface area contributed by atoms with Crippen LogP contribution in [-0.2, 0) is 27.2 Å². The van der Waals surface area contributed by atoms with E-state index in [0.29, 0.717) is 29.3 Å². The van der Waals surface area contributed by atoms with E-state index in [1.165, 1.54) is 17.3 Å². The van der Waals surface area contributed by atoms with Crippen molar-refractivity contribution < 1.29 is 19.1 Å². The zero-order valence-corrected chi connectivity index (χ0v) is 27.2. The first kappa shape index (κ1) is 35.2. The fraction of sp³-hybridized carbons (Fsp3) is 0.414. The maximum Gasteiger partial charge on any atom is 0.408 e. The lowest BCUT2D eigenvalue weighted by atomic mass is 10.0. The highest BCUT2D eigenvalue weighted by molar-refractivity contribution is 6.31. The van der Waals surface area contributed by atoms with Crippen molar-refractivity contribution in [2.75, 3.05) is 0 Å². The third-order valence-corrected chi connectivity index (χ3v) is 6.75. The van der Waals surface area contributed by atoms with Crippen LogP contribution in [0.1, 0.15) is 58.6 Å². The molecule has 4 rings (SSSR count). The zero-order chi connectivity index (χ0) is 33.1. The highest BCUT2D eigenvalue weighted by Gasteiger charge is 2.21. The number of halogens is 2. The summed E-state index contributed by atoms with van der Waals surface area (Å²) in [6.07, 6.45) is 3.95. The van der Waals surface area contributed by atoms with Crippen molar-refractivity contribution in [2.24, 2.45) is 5.73 Å². The summed E-state index contributed by atoms with van der Waals surface area (Å²) in [4.78, 5) is 35.7. The van der Waals surface area contributed by atoms with E-state index in [0.717, 1.165) is 22.5 Å². The smallest absolute Gasteiger partial charge is 0.408 e. The fourth-order valence-corrected chi connectivity index (χ4v) is 4.41. The summed E-state index contributed by atoms with van der Waals surface area (Å²) in [5, 5.41) is 25.9. The number of carbonyl (C=O) groups excluding carboxylic acids is 3. The zero-order valence-electron chi connectivity index (χ0n) is 25.6. The first-order chi connectivity index (χ1) is 21.2. The van der Waals surface area contributed by atoms with Gasteiger partial charge in [0.1, 0.15) is 24.0 Å². The van der Waals surface area contributed by atoms with Crippen LogP contribution in [-0.4, -0.2) is 75.8 Å². The van der Waals surface area contributed by atoms with Crippen molar-refractivity contribution in [1.29, 1.82) is 0 Å². The minimum atomic E-state index is -0.652. The molecular formula is C29H36Cl2N10O4. The summed E-state index contributed by atoms with van der Waals surface area (Å²) in [5.41, 5.74) is 8.24. The molecule has 16 heteroatoms. The Hall–Kier alpha value is -4.27. The number of benzene rings is 2. The number of ether oxygens (including phenoxy) is 1. The summed E-state index contributed by atoms with van der Waals surface area (Å²) in [6, 6.07) is 9.60. The Morgan fingerprint density at radius 2 is 1.31 bits per heavy atom. The molecule has 0 bridgehead atoms. The number of Topliss-reactive ketones (excluding diaryl/α,β-unsaturated/α-hetero) is 2. The van der Waals surface area contributed by atoms with Crippen molar-refractivity contribution in [3.63, 3.8) is 0 Å². The van der Waals surface area contributed by atoms with Gasteiger partial charge in [-0.05, 0) is 116 Å². The first-order valence-corrected chi connectivity index (χ1v) is 14.8. The van der Waals surface area contributed by atoms with Gasteiger partial charge in [0.25, 0.3) is 0 Å². The molecule has 0 aliphatic carbocycles. The molecule has 0 saturated carbocycles. The quantitative estimate of drug-likeness (QED) is 0.238. The number of ketones is 2. The molecule has 4 aromatic rings. The standard InChI is InChI=1S/C17H22ClN5O3.C12H14ClN5O/c1-11(20-16(25)26-17(2,3)4)15(24)8-5-12-9-13(18)6-7-14(12)23-10-19-21-22-23;1-8(14)12(19)5-2-9-6-10(13)3-4-11(9)18-7-15-16-17-18/h6-7,9-11H,5,8H2,1-4H3,(H,20,25);3-4,6-8H,2,5,14H2,1H3/t11-;8-/m00/s1. The van der Waals surface area contributed by atoms with E-state index >= 15 is 0 Å². The average Bonchev–Trinajstić information content (AvgIpc) is 3.69. The molecule has 2 aromatic carbocycles. The van der Waals surface area contributed by atoms with Crippen molar-refractivity contribution in [2.45, 2.75) is 78.0 Å². The van der Waals surface area contributed by atoms with Crippen LogP contribution in [0.2, 0.25) is 10.0 Å². The maximum absolute atomic E-state index is 12.3. The molecule has 2 heterocycles. The lowest BCUT2D eigenvalue weighted by Crippen LogP contribution is -2.41. The topological polar surface area (TPSA) is 186 Å². The van der Waals surface area contributed by atoms with Gasteiger partial charge in [0.15, 0.2) is 5.78 Å². The molecule has 0 spiro atoms. The predicted octanol–water partition coefficient (Wildman–Crippen LogP) is 3.90. The van der Waals surface area contributed by atoms with Gasteiger partial charge in [-0.15, -0.1) is 10.2 Å². The number of hydrogen-bond acceptors (Lipinski definition) is 11. The van der Waals surface area contributed by atoms with Gasteiger partial charge in [0.2, 0.25) is 0 Å². The van der Waals surface area contributed by atoms with Crippen molar-refractivity contribution in [1.82, 2.24) is 45.7 Å². The monoisotopic (exact) mass is 658 g/mol. The van der Waals surface area contributed by atoms with Crippen LogP contribution < -0.4 is 11.1 Å². The molecule has 0 aliphatic heterocycles. The van der Waals surface area contributed by atoms with Crippen LogP contribution in [0.15, 0.2) is 49.1 Å². The maximum atomic E-state index is 12.3. The fourth-order valence-electron chi connectivity index (χ4n) is 4.02. The molecule has 3 N–H and O–H groups in total. The second kappa shape index (κ2) is 16.2. The molecular weight excluding hydrogens is 623 g/mol. The number of amides is 1. The Balaban J connectivity index is 0.000000257. The Morgan fingerprint density at radius 1 is 0.844 bits per heavy atom. The van der Waals surface area contributed by atoms with Crippen LogP contribution in [0.5, 0.6) is 0 Å². The summed E-state index contributed by atoms with van der Waals surface area (Å²) in [6.45, 7) is 8.60. The van der Waals surface area contributed by atoms with Gasteiger partial charge in [-0.25, -0.2) is 14.2 Å². The normalized spacial score (nSPS) is 12.4. The van der Waals surface area contributed by atoms with Gasteiger partial charge in [-0.2, -0.15) is 0 Å². The number of alkyl carbamates (subject to hydrolysis) is 1. The summed E-state index contributed by atoms with van der Waals surface area (Å²) >= 11 is 12.1. The van der Waals surface area contributed by atoms with E-state index in [1.54, 1.807) is 63.6 Å².